The lowest BCUT2D eigenvalue weighted by atomic mass is 10.1. The van der Waals surface area contributed by atoms with Gasteiger partial charge in [0.05, 0.1) is 18.8 Å². The fraction of sp³-hybridized carbons (Fsp3) is 0.947. The van der Waals surface area contributed by atoms with Gasteiger partial charge in [0.1, 0.15) is 12.4 Å². The Labute approximate surface area is 160 Å². The average molecular weight is 390 g/mol. The number of methoxy groups -OCH3 is 1. The fourth-order valence-electron chi connectivity index (χ4n) is 2.83. The van der Waals surface area contributed by atoms with Gasteiger partial charge in [-0.15, -0.1) is 0 Å². The Bertz CT molecular complexity index is 456. The number of rotatable bonds is 7. The molecule has 1 saturated carbocycles. The van der Waals surface area contributed by atoms with Gasteiger partial charge in [-0.2, -0.15) is 0 Å². The van der Waals surface area contributed by atoms with Crippen LogP contribution >= 0.6 is 0 Å². The van der Waals surface area contributed by atoms with Crippen LogP contribution in [0.1, 0.15) is 54.4 Å². The zero-order valence-electron chi connectivity index (χ0n) is 18.1. The van der Waals surface area contributed by atoms with E-state index in [9.17, 15) is 4.79 Å². The molecule has 1 fully saturated rings. The Morgan fingerprint density at radius 3 is 2.23 bits per heavy atom. The van der Waals surface area contributed by atoms with Gasteiger partial charge >= 0.3 is 6.09 Å². The molecule has 7 heteroatoms. The number of alkyl carbamates (subject to hydrolysis) is 1. The summed E-state index contributed by atoms with van der Waals surface area (Å²) in [7, 11) is -0.319. The monoisotopic (exact) mass is 389 g/mol. The first-order valence-corrected chi connectivity index (χ1v) is 12.4. The lowest BCUT2D eigenvalue weighted by Crippen LogP contribution is -2.50. The number of hydrogen-bond acceptors (Lipinski definition) is 5. The second-order valence-corrected chi connectivity index (χ2v) is 14.5. The smallest absolute Gasteiger partial charge is 0.407 e. The molecule has 0 aromatic rings. The second kappa shape index (κ2) is 9.04. The van der Waals surface area contributed by atoms with Crippen molar-refractivity contribution in [2.75, 3.05) is 20.5 Å². The van der Waals surface area contributed by atoms with Crippen molar-refractivity contribution in [2.24, 2.45) is 5.92 Å². The molecule has 0 radical (unpaired) electrons. The van der Waals surface area contributed by atoms with Crippen molar-refractivity contribution in [2.45, 2.75) is 90.3 Å². The molecule has 3 atom stereocenters. The van der Waals surface area contributed by atoms with Crippen LogP contribution in [-0.2, 0) is 18.6 Å². The SMILES string of the molecule is COCOC[C@@H]1C[C@H](O[Si](C)(C)C(C)(C)C)[C@H](NC(=O)OC(C)(C)C)C1. The summed E-state index contributed by atoms with van der Waals surface area (Å²) in [5.41, 5.74) is -0.514. The molecule has 0 aliphatic heterocycles. The van der Waals surface area contributed by atoms with Crippen LogP contribution in [0.3, 0.4) is 0 Å². The molecule has 0 unspecified atom stereocenters. The summed E-state index contributed by atoms with van der Waals surface area (Å²) in [5.74, 6) is 0.333. The highest BCUT2D eigenvalue weighted by atomic mass is 28.4. The predicted octanol–water partition coefficient (Wildman–Crippen LogP) is 4.30. The molecule has 0 heterocycles. The number of hydrogen-bond donors (Lipinski definition) is 1. The second-order valence-electron chi connectivity index (χ2n) is 9.78. The summed E-state index contributed by atoms with van der Waals surface area (Å²) < 4.78 is 22.6. The quantitative estimate of drug-likeness (QED) is 0.399. The van der Waals surface area contributed by atoms with Crippen molar-refractivity contribution in [1.82, 2.24) is 5.32 Å². The standard InChI is InChI=1S/C19H39NO5Si/c1-18(2,3)24-17(21)20-15-10-14(12-23-13-22-7)11-16(15)25-26(8,9)19(4,5)6/h14-16H,10-13H2,1-9H3,(H,20,21)/t14-,15+,16-/m0/s1. The van der Waals surface area contributed by atoms with Gasteiger partial charge in [-0.25, -0.2) is 4.79 Å². The van der Waals surface area contributed by atoms with E-state index in [4.69, 9.17) is 18.6 Å². The Hall–Kier alpha value is -0.633. The van der Waals surface area contributed by atoms with E-state index in [1.165, 1.54) is 0 Å². The Kier molecular flexibility index (Phi) is 8.14. The maximum atomic E-state index is 12.3. The predicted molar refractivity (Wildman–Crippen MR) is 106 cm³/mol. The molecule has 6 nitrogen and oxygen atoms in total. The van der Waals surface area contributed by atoms with Gasteiger partial charge in [0.2, 0.25) is 0 Å². The van der Waals surface area contributed by atoms with E-state index in [1.54, 1.807) is 7.11 Å². The van der Waals surface area contributed by atoms with Gasteiger partial charge in [-0.1, -0.05) is 20.8 Å². The first-order chi connectivity index (χ1) is 11.7. The van der Waals surface area contributed by atoms with E-state index in [0.717, 1.165) is 12.8 Å². The van der Waals surface area contributed by atoms with E-state index in [2.05, 4.69) is 39.2 Å². The Balaban J connectivity index is 2.78. The molecule has 1 aliphatic rings. The molecule has 1 amide bonds. The summed E-state index contributed by atoms with van der Waals surface area (Å²) in [6, 6.07) is -0.0601. The number of ether oxygens (including phenoxy) is 3. The number of nitrogens with one attached hydrogen (secondary N) is 1. The number of amides is 1. The van der Waals surface area contributed by atoms with Crippen LogP contribution in [0, 0.1) is 5.92 Å². The van der Waals surface area contributed by atoms with Crippen LogP contribution < -0.4 is 5.32 Å². The minimum atomic E-state index is -1.93. The van der Waals surface area contributed by atoms with E-state index >= 15 is 0 Å². The molecule has 154 valence electrons. The zero-order valence-corrected chi connectivity index (χ0v) is 19.1. The third-order valence-corrected chi connectivity index (χ3v) is 9.62. The number of carbonyl (C=O) groups is 1. The van der Waals surface area contributed by atoms with E-state index in [1.807, 2.05) is 20.8 Å². The first kappa shape index (κ1) is 23.4. The first-order valence-electron chi connectivity index (χ1n) is 9.49. The van der Waals surface area contributed by atoms with Crippen LogP contribution in [0.2, 0.25) is 18.1 Å². The Morgan fingerprint density at radius 2 is 1.73 bits per heavy atom. The maximum Gasteiger partial charge on any atom is 0.407 e. The van der Waals surface area contributed by atoms with Gasteiger partial charge in [0.25, 0.3) is 0 Å². The van der Waals surface area contributed by atoms with Crippen LogP contribution in [0.4, 0.5) is 4.79 Å². The van der Waals surface area contributed by atoms with Crippen LogP contribution in [-0.4, -0.2) is 52.7 Å². The normalized spacial score (nSPS) is 24.6. The minimum Gasteiger partial charge on any atom is -0.444 e. The summed E-state index contributed by atoms with van der Waals surface area (Å²) in [5, 5.41) is 3.15. The van der Waals surface area contributed by atoms with E-state index < -0.39 is 13.9 Å². The molecule has 0 aromatic carbocycles. The molecule has 0 aromatic heterocycles. The van der Waals surface area contributed by atoms with Gasteiger partial charge in [-0.05, 0) is 57.7 Å². The summed E-state index contributed by atoms with van der Waals surface area (Å²) in [4.78, 5) is 12.3. The third kappa shape index (κ3) is 7.54. The molecule has 0 saturated heterocycles. The maximum absolute atomic E-state index is 12.3. The molecule has 1 rings (SSSR count). The van der Waals surface area contributed by atoms with Crippen LogP contribution in [0.25, 0.3) is 0 Å². The molecular formula is C19H39NO5Si. The highest BCUT2D eigenvalue weighted by Gasteiger charge is 2.44. The summed E-state index contributed by atoms with van der Waals surface area (Å²) in [6.45, 7) is 17.7. The molecule has 1 N–H and O–H groups in total. The van der Waals surface area contributed by atoms with Gasteiger partial charge in [-0.3, -0.25) is 0 Å². The van der Waals surface area contributed by atoms with Crippen molar-refractivity contribution >= 4 is 14.4 Å². The average Bonchev–Trinajstić information content (AvgIpc) is 2.76. The lowest BCUT2D eigenvalue weighted by Gasteiger charge is -2.40. The molecule has 0 spiro atoms. The Morgan fingerprint density at radius 1 is 1.12 bits per heavy atom. The lowest BCUT2D eigenvalue weighted by molar-refractivity contribution is -0.0436. The molecule has 0 bridgehead atoms. The van der Waals surface area contributed by atoms with E-state index in [-0.39, 0.29) is 30.1 Å². The third-order valence-electron chi connectivity index (χ3n) is 5.11. The number of carbonyl (C=O) groups excluding carboxylic acids is 1. The summed E-state index contributed by atoms with van der Waals surface area (Å²) in [6.07, 6.45) is 1.29. The van der Waals surface area contributed by atoms with Crippen molar-refractivity contribution in [3.05, 3.63) is 0 Å². The largest absolute Gasteiger partial charge is 0.444 e. The van der Waals surface area contributed by atoms with E-state index in [0.29, 0.717) is 12.5 Å². The van der Waals surface area contributed by atoms with Gasteiger partial charge in [0.15, 0.2) is 8.32 Å². The van der Waals surface area contributed by atoms with Crippen molar-refractivity contribution < 1.29 is 23.4 Å². The molecule has 1 aliphatic carbocycles. The fourth-order valence-corrected chi connectivity index (χ4v) is 4.20. The van der Waals surface area contributed by atoms with Crippen molar-refractivity contribution in [3.8, 4) is 0 Å². The summed E-state index contributed by atoms with van der Waals surface area (Å²) >= 11 is 0. The van der Waals surface area contributed by atoms with Gasteiger partial charge < -0.3 is 24.0 Å². The molecular weight excluding hydrogens is 350 g/mol. The van der Waals surface area contributed by atoms with Crippen molar-refractivity contribution in [1.29, 1.82) is 0 Å². The topological polar surface area (TPSA) is 66.0 Å². The molecule has 26 heavy (non-hydrogen) atoms. The van der Waals surface area contributed by atoms with Crippen molar-refractivity contribution in [3.63, 3.8) is 0 Å². The van der Waals surface area contributed by atoms with Gasteiger partial charge in [0, 0.05) is 7.11 Å². The highest BCUT2D eigenvalue weighted by Crippen LogP contribution is 2.40. The van der Waals surface area contributed by atoms with Crippen LogP contribution in [0.15, 0.2) is 0 Å². The highest BCUT2D eigenvalue weighted by molar-refractivity contribution is 6.74. The minimum absolute atomic E-state index is 0.0143. The zero-order chi connectivity index (χ0) is 20.2. The van der Waals surface area contributed by atoms with Crippen LogP contribution in [0.5, 0.6) is 0 Å².